The van der Waals surface area contributed by atoms with Gasteiger partial charge in [0.05, 0.1) is 12.8 Å². The van der Waals surface area contributed by atoms with Crippen LogP contribution in [0.2, 0.25) is 0 Å². The van der Waals surface area contributed by atoms with Gasteiger partial charge in [-0.15, -0.1) is 0 Å². The number of furan rings is 1. The van der Waals surface area contributed by atoms with E-state index in [4.69, 9.17) is 14.3 Å². The molecule has 3 N–H and O–H groups in total. The van der Waals surface area contributed by atoms with E-state index in [-0.39, 0.29) is 12.6 Å². The summed E-state index contributed by atoms with van der Waals surface area (Å²) in [6.45, 7) is 1.79. The van der Waals surface area contributed by atoms with Crippen LogP contribution in [0, 0.1) is 0 Å². The van der Waals surface area contributed by atoms with Gasteiger partial charge in [-0.3, -0.25) is 0 Å². The van der Waals surface area contributed by atoms with Gasteiger partial charge in [0.25, 0.3) is 0 Å². The predicted octanol–water partition coefficient (Wildman–Crippen LogP) is 0.999. The Morgan fingerprint density at radius 3 is 2.80 bits per heavy atom. The fraction of sp³-hybridized carbons (Fsp3) is 0.538. The Kier molecular flexibility index (Phi) is 6.58. The van der Waals surface area contributed by atoms with Crippen LogP contribution in [0.15, 0.2) is 22.8 Å². The SMILES string of the molecule is COC(CNC(=O)NC(C)CCc1ccco1)C(=O)O. The number of nitrogens with one attached hydrogen (secondary N) is 2. The van der Waals surface area contributed by atoms with Gasteiger partial charge in [-0.1, -0.05) is 0 Å². The van der Waals surface area contributed by atoms with Crippen molar-refractivity contribution in [2.45, 2.75) is 31.9 Å². The van der Waals surface area contributed by atoms with Gasteiger partial charge in [0.15, 0.2) is 6.10 Å². The monoisotopic (exact) mass is 284 g/mol. The van der Waals surface area contributed by atoms with E-state index < -0.39 is 18.1 Å². The van der Waals surface area contributed by atoms with E-state index in [9.17, 15) is 9.59 Å². The first kappa shape index (κ1) is 16.0. The third-order valence-electron chi connectivity index (χ3n) is 2.79. The summed E-state index contributed by atoms with van der Waals surface area (Å²) in [5.74, 6) is -0.247. The Balaban J connectivity index is 2.22. The molecule has 0 aliphatic carbocycles. The van der Waals surface area contributed by atoms with Crippen molar-refractivity contribution in [3.63, 3.8) is 0 Å². The molecule has 1 heterocycles. The molecule has 0 spiro atoms. The van der Waals surface area contributed by atoms with Gasteiger partial charge in [-0.25, -0.2) is 9.59 Å². The van der Waals surface area contributed by atoms with Crippen molar-refractivity contribution in [1.82, 2.24) is 10.6 Å². The van der Waals surface area contributed by atoms with Crippen molar-refractivity contribution < 1.29 is 23.8 Å². The number of urea groups is 1. The lowest BCUT2D eigenvalue weighted by Gasteiger charge is -2.16. The third kappa shape index (κ3) is 5.75. The number of hydrogen-bond donors (Lipinski definition) is 3. The zero-order chi connectivity index (χ0) is 15.0. The van der Waals surface area contributed by atoms with E-state index in [2.05, 4.69) is 10.6 Å². The second-order valence-corrected chi connectivity index (χ2v) is 4.44. The number of aryl methyl sites for hydroxylation is 1. The summed E-state index contributed by atoms with van der Waals surface area (Å²) in [5.41, 5.74) is 0. The third-order valence-corrected chi connectivity index (χ3v) is 2.79. The average molecular weight is 284 g/mol. The second-order valence-electron chi connectivity index (χ2n) is 4.44. The first-order valence-electron chi connectivity index (χ1n) is 6.35. The van der Waals surface area contributed by atoms with Gasteiger partial charge in [0, 0.05) is 19.6 Å². The summed E-state index contributed by atoms with van der Waals surface area (Å²) >= 11 is 0. The fourth-order valence-electron chi connectivity index (χ4n) is 1.62. The summed E-state index contributed by atoms with van der Waals surface area (Å²) in [7, 11) is 1.28. The highest BCUT2D eigenvalue weighted by molar-refractivity contribution is 5.77. The van der Waals surface area contributed by atoms with Crippen molar-refractivity contribution in [2.75, 3.05) is 13.7 Å². The van der Waals surface area contributed by atoms with Crippen molar-refractivity contribution >= 4 is 12.0 Å². The van der Waals surface area contributed by atoms with E-state index in [0.29, 0.717) is 0 Å². The summed E-state index contributed by atoms with van der Waals surface area (Å²) in [6, 6.07) is 3.23. The van der Waals surface area contributed by atoms with Gasteiger partial charge >= 0.3 is 12.0 Å². The lowest BCUT2D eigenvalue weighted by molar-refractivity contribution is -0.147. The van der Waals surface area contributed by atoms with Crippen LogP contribution in [0.25, 0.3) is 0 Å². The summed E-state index contributed by atoms with van der Waals surface area (Å²) in [5, 5.41) is 13.9. The largest absolute Gasteiger partial charge is 0.479 e. The highest BCUT2D eigenvalue weighted by Gasteiger charge is 2.17. The Bertz CT molecular complexity index is 418. The lowest BCUT2D eigenvalue weighted by atomic mass is 10.1. The Hall–Kier alpha value is -2.02. The molecule has 7 nitrogen and oxygen atoms in total. The number of rotatable bonds is 8. The minimum atomic E-state index is -1.11. The number of ether oxygens (including phenoxy) is 1. The van der Waals surface area contributed by atoms with Gasteiger partial charge in [0.1, 0.15) is 5.76 Å². The standard InChI is InChI=1S/C13H20N2O5/c1-9(5-6-10-4-3-7-20-10)15-13(18)14-8-11(19-2)12(16)17/h3-4,7,9,11H,5-6,8H2,1-2H3,(H,16,17)(H2,14,15,18). The Morgan fingerprint density at radius 2 is 2.25 bits per heavy atom. The van der Waals surface area contributed by atoms with E-state index in [1.807, 2.05) is 19.1 Å². The number of hydrogen-bond acceptors (Lipinski definition) is 4. The highest BCUT2D eigenvalue weighted by atomic mass is 16.5. The average Bonchev–Trinajstić information content (AvgIpc) is 2.89. The minimum Gasteiger partial charge on any atom is -0.479 e. The molecule has 112 valence electrons. The number of carboxylic acid groups (broad SMARTS) is 1. The first-order chi connectivity index (χ1) is 9.52. The fourth-order valence-corrected chi connectivity index (χ4v) is 1.62. The van der Waals surface area contributed by atoms with Crippen molar-refractivity contribution in [3.05, 3.63) is 24.2 Å². The molecule has 1 rings (SSSR count). The molecule has 1 aromatic heterocycles. The summed E-state index contributed by atoms with van der Waals surface area (Å²) in [4.78, 5) is 22.3. The van der Waals surface area contributed by atoms with Crippen LogP contribution in [0.4, 0.5) is 4.79 Å². The molecule has 0 aliphatic rings. The van der Waals surface area contributed by atoms with Gasteiger partial charge < -0.3 is 24.9 Å². The topological polar surface area (TPSA) is 101 Å². The minimum absolute atomic E-state index is 0.0501. The molecule has 2 amide bonds. The normalized spacial score (nSPS) is 13.5. The lowest BCUT2D eigenvalue weighted by Crippen LogP contribution is -2.45. The molecule has 1 aromatic rings. The molecule has 2 unspecified atom stereocenters. The maximum atomic E-state index is 11.6. The van der Waals surface area contributed by atoms with E-state index in [1.165, 1.54) is 7.11 Å². The van der Waals surface area contributed by atoms with E-state index >= 15 is 0 Å². The van der Waals surface area contributed by atoms with Crippen LogP contribution in [-0.2, 0) is 16.0 Å². The molecule has 0 aliphatic heterocycles. The number of aliphatic carboxylic acids is 1. The van der Waals surface area contributed by atoms with Crippen molar-refractivity contribution in [2.24, 2.45) is 0 Å². The van der Waals surface area contributed by atoms with Gasteiger partial charge in [-0.2, -0.15) is 0 Å². The van der Waals surface area contributed by atoms with Crippen molar-refractivity contribution in [1.29, 1.82) is 0 Å². The molecule has 20 heavy (non-hydrogen) atoms. The number of carbonyl (C=O) groups is 2. The molecule has 0 fully saturated rings. The highest BCUT2D eigenvalue weighted by Crippen LogP contribution is 2.05. The zero-order valence-corrected chi connectivity index (χ0v) is 11.6. The Morgan fingerprint density at radius 1 is 1.50 bits per heavy atom. The summed E-state index contributed by atoms with van der Waals surface area (Å²) in [6.07, 6.45) is 2.02. The van der Waals surface area contributed by atoms with E-state index in [1.54, 1.807) is 6.26 Å². The van der Waals surface area contributed by atoms with Crippen LogP contribution in [0.5, 0.6) is 0 Å². The van der Waals surface area contributed by atoms with E-state index in [0.717, 1.165) is 18.6 Å². The molecule has 7 heteroatoms. The smallest absolute Gasteiger partial charge is 0.334 e. The molecular formula is C13H20N2O5. The number of amides is 2. The predicted molar refractivity (Wildman–Crippen MR) is 71.5 cm³/mol. The van der Waals surface area contributed by atoms with Crippen LogP contribution in [0.3, 0.4) is 0 Å². The zero-order valence-electron chi connectivity index (χ0n) is 11.6. The second kappa shape index (κ2) is 8.21. The van der Waals surface area contributed by atoms with Crippen LogP contribution >= 0.6 is 0 Å². The van der Waals surface area contributed by atoms with Crippen LogP contribution in [0.1, 0.15) is 19.1 Å². The maximum Gasteiger partial charge on any atom is 0.334 e. The molecule has 0 aromatic carbocycles. The van der Waals surface area contributed by atoms with Gasteiger partial charge in [-0.05, 0) is 25.5 Å². The molecule has 0 radical (unpaired) electrons. The number of carbonyl (C=O) groups excluding carboxylic acids is 1. The Labute approximate surface area is 117 Å². The first-order valence-corrected chi connectivity index (χ1v) is 6.35. The van der Waals surface area contributed by atoms with Crippen molar-refractivity contribution in [3.8, 4) is 0 Å². The number of methoxy groups -OCH3 is 1. The van der Waals surface area contributed by atoms with Crippen LogP contribution in [-0.4, -0.2) is 42.9 Å². The summed E-state index contributed by atoms with van der Waals surface area (Å²) < 4.78 is 9.91. The quantitative estimate of drug-likeness (QED) is 0.661. The maximum absolute atomic E-state index is 11.6. The molecule has 0 saturated carbocycles. The molecule has 0 saturated heterocycles. The van der Waals surface area contributed by atoms with Gasteiger partial charge in [0.2, 0.25) is 0 Å². The molecule has 0 bridgehead atoms. The van der Waals surface area contributed by atoms with Crippen LogP contribution < -0.4 is 10.6 Å². The number of carboxylic acids is 1. The molecule has 2 atom stereocenters. The molecular weight excluding hydrogens is 264 g/mol.